The number of nitrogens with two attached hydrogens (primary N) is 1. The average Bonchev–Trinajstić information content (AvgIpc) is 3.38. The highest BCUT2D eigenvalue weighted by Gasteiger charge is 2.35. The minimum Gasteiger partial charge on any atom is -0.368 e. The highest BCUT2D eigenvalue weighted by atomic mass is 16.2. The number of hydrogen-bond donors (Lipinski definition) is 2. The maximum atomic E-state index is 13.9. The minimum absolute atomic E-state index is 0.147. The van der Waals surface area contributed by atoms with E-state index in [1.807, 2.05) is 55.5 Å². The number of hydrogen-bond acceptors (Lipinski definition) is 5. The Balaban J connectivity index is 1.49. The summed E-state index contributed by atoms with van der Waals surface area (Å²) >= 11 is 0. The number of primary amides is 1. The Hall–Kier alpha value is -4.79. The molecule has 9 nitrogen and oxygen atoms in total. The van der Waals surface area contributed by atoms with Gasteiger partial charge in [-0.15, -0.1) is 5.10 Å². The van der Waals surface area contributed by atoms with Crippen molar-refractivity contribution < 1.29 is 14.4 Å². The number of anilines is 1. The van der Waals surface area contributed by atoms with Gasteiger partial charge in [0.2, 0.25) is 11.8 Å². The van der Waals surface area contributed by atoms with Crippen LogP contribution in [0.25, 0.3) is 16.9 Å². The fourth-order valence-corrected chi connectivity index (χ4v) is 4.70. The molecule has 37 heavy (non-hydrogen) atoms. The molecule has 1 unspecified atom stereocenters. The topological polar surface area (TPSA) is 123 Å². The van der Waals surface area contributed by atoms with E-state index in [2.05, 4.69) is 15.6 Å². The first kappa shape index (κ1) is 23.9. The minimum atomic E-state index is -0.847. The molecule has 0 saturated carbocycles. The van der Waals surface area contributed by atoms with Gasteiger partial charge in [-0.1, -0.05) is 47.7 Å². The van der Waals surface area contributed by atoms with Crippen molar-refractivity contribution in [1.29, 1.82) is 0 Å². The van der Waals surface area contributed by atoms with Gasteiger partial charge in [-0.2, -0.15) is 0 Å². The van der Waals surface area contributed by atoms with Crippen LogP contribution < -0.4 is 11.1 Å². The second kappa shape index (κ2) is 9.69. The lowest BCUT2D eigenvalue weighted by Gasteiger charge is -2.35. The highest BCUT2D eigenvalue weighted by molar-refractivity contribution is 6.01. The summed E-state index contributed by atoms with van der Waals surface area (Å²) in [5.74, 6) is -1.02. The number of fused-ring (bicyclic) bond motifs is 1. The van der Waals surface area contributed by atoms with E-state index < -0.39 is 11.9 Å². The molecular formula is C28H26N6O3. The van der Waals surface area contributed by atoms with Crippen molar-refractivity contribution in [3.05, 3.63) is 95.2 Å². The van der Waals surface area contributed by atoms with Gasteiger partial charge in [0.1, 0.15) is 11.7 Å². The Kier molecular flexibility index (Phi) is 6.27. The van der Waals surface area contributed by atoms with E-state index in [0.29, 0.717) is 35.6 Å². The zero-order valence-electron chi connectivity index (χ0n) is 20.5. The summed E-state index contributed by atoms with van der Waals surface area (Å²) in [6.45, 7) is 3.76. The zero-order chi connectivity index (χ0) is 26.1. The predicted octanol–water partition coefficient (Wildman–Crippen LogP) is 3.43. The van der Waals surface area contributed by atoms with Crippen LogP contribution >= 0.6 is 0 Å². The lowest BCUT2D eigenvalue weighted by molar-refractivity contribution is -0.123. The molecule has 0 aliphatic carbocycles. The number of benzene rings is 3. The molecule has 1 atom stereocenters. The largest absolute Gasteiger partial charge is 0.368 e. The van der Waals surface area contributed by atoms with Crippen molar-refractivity contribution >= 4 is 23.4 Å². The van der Waals surface area contributed by atoms with Crippen LogP contribution in [0.4, 0.5) is 5.69 Å². The van der Waals surface area contributed by atoms with Gasteiger partial charge in [-0.05, 0) is 54.3 Å². The molecule has 3 aromatic carbocycles. The molecule has 0 bridgehead atoms. The standard InChI is InChI=1S/C28H26N6O3/c1-17-7-12-23(28(37)33-14-13-19-5-3-4-6-22(19)26(33)27(29)36)25(15-17)34-16-24(31-32-34)20-8-10-21(11-9-20)30-18(2)35/h3-12,15-16,26H,13-14H2,1-2H3,(H2,29,36)(H,30,35). The Morgan fingerprint density at radius 3 is 2.51 bits per heavy atom. The monoisotopic (exact) mass is 494 g/mol. The Bertz CT molecular complexity index is 1510. The third kappa shape index (κ3) is 4.71. The van der Waals surface area contributed by atoms with Crippen LogP contribution in [-0.4, -0.2) is 44.2 Å². The molecule has 0 fully saturated rings. The van der Waals surface area contributed by atoms with Crippen LogP contribution in [0.15, 0.2) is 72.9 Å². The first-order valence-corrected chi connectivity index (χ1v) is 11.9. The first-order chi connectivity index (χ1) is 17.8. The lowest BCUT2D eigenvalue weighted by atomic mass is 9.91. The van der Waals surface area contributed by atoms with Gasteiger partial charge in [-0.3, -0.25) is 14.4 Å². The maximum absolute atomic E-state index is 13.9. The normalized spacial score (nSPS) is 14.6. The van der Waals surface area contributed by atoms with Crippen LogP contribution in [0.1, 0.15) is 40.0 Å². The van der Waals surface area contributed by atoms with E-state index in [1.165, 1.54) is 11.8 Å². The van der Waals surface area contributed by atoms with Gasteiger partial charge in [0.25, 0.3) is 5.91 Å². The number of carbonyl (C=O) groups is 3. The van der Waals surface area contributed by atoms with Crippen molar-refractivity contribution in [2.75, 3.05) is 11.9 Å². The molecule has 3 N–H and O–H groups in total. The summed E-state index contributed by atoms with van der Waals surface area (Å²) in [4.78, 5) is 39.2. The average molecular weight is 495 g/mol. The Morgan fingerprint density at radius 1 is 1.03 bits per heavy atom. The van der Waals surface area contributed by atoms with E-state index in [0.717, 1.165) is 22.3 Å². The van der Waals surface area contributed by atoms with Gasteiger partial charge in [-0.25, -0.2) is 4.68 Å². The van der Waals surface area contributed by atoms with Crippen LogP contribution in [0, 0.1) is 6.92 Å². The number of rotatable bonds is 5. The first-order valence-electron chi connectivity index (χ1n) is 11.9. The van der Waals surface area contributed by atoms with Crippen LogP contribution in [0.2, 0.25) is 0 Å². The summed E-state index contributed by atoms with van der Waals surface area (Å²) in [6, 6.07) is 19.4. The van der Waals surface area contributed by atoms with Crippen LogP contribution in [0.5, 0.6) is 0 Å². The molecule has 0 spiro atoms. The number of aromatic nitrogens is 3. The molecule has 3 amide bonds. The molecule has 0 saturated heterocycles. The van der Waals surface area contributed by atoms with E-state index in [1.54, 1.807) is 29.1 Å². The van der Waals surface area contributed by atoms with E-state index >= 15 is 0 Å². The molecule has 0 radical (unpaired) electrons. The van der Waals surface area contributed by atoms with Gasteiger partial charge in [0, 0.05) is 24.7 Å². The van der Waals surface area contributed by atoms with E-state index in [4.69, 9.17) is 5.73 Å². The summed E-state index contributed by atoms with van der Waals surface area (Å²) in [5, 5.41) is 11.3. The quantitative estimate of drug-likeness (QED) is 0.440. The molecule has 4 aromatic rings. The fraction of sp³-hybridized carbons (Fsp3) is 0.179. The van der Waals surface area contributed by atoms with Crippen molar-refractivity contribution in [3.63, 3.8) is 0 Å². The van der Waals surface area contributed by atoms with Crippen molar-refractivity contribution in [2.24, 2.45) is 5.73 Å². The van der Waals surface area contributed by atoms with Gasteiger partial charge < -0.3 is 16.0 Å². The second-order valence-corrected chi connectivity index (χ2v) is 9.08. The number of amides is 3. The molecule has 1 aliphatic rings. The predicted molar refractivity (Wildman–Crippen MR) is 139 cm³/mol. The molecule has 1 aliphatic heterocycles. The third-order valence-electron chi connectivity index (χ3n) is 6.44. The zero-order valence-corrected chi connectivity index (χ0v) is 20.5. The molecule has 9 heteroatoms. The smallest absolute Gasteiger partial charge is 0.257 e. The summed E-state index contributed by atoms with van der Waals surface area (Å²) in [6.07, 6.45) is 2.38. The third-order valence-corrected chi connectivity index (χ3v) is 6.44. The molecular weight excluding hydrogens is 468 g/mol. The van der Waals surface area contributed by atoms with E-state index in [9.17, 15) is 14.4 Å². The molecule has 186 valence electrons. The second-order valence-electron chi connectivity index (χ2n) is 9.08. The number of nitrogens with one attached hydrogen (secondary N) is 1. The van der Waals surface area contributed by atoms with Gasteiger partial charge in [0.05, 0.1) is 17.4 Å². The highest BCUT2D eigenvalue weighted by Crippen LogP contribution is 2.32. The molecule has 1 aromatic heterocycles. The Morgan fingerprint density at radius 2 is 1.78 bits per heavy atom. The van der Waals surface area contributed by atoms with Crippen molar-refractivity contribution in [1.82, 2.24) is 19.9 Å². The van der Waals surface area contributed by atoms with E-state index in [-0.39, 0.29) is 11.8 Å². The summed E-state index contributed by atoms with van der Waals surface area (Å²) in [7, 11) is 0. The SMILES string of the molecule is CC(=O)Nc1ccc(-c2cn(-c3cc(C)ccc3C(=O)N3CCc4ccccc4C3C(N)=O)nn2)cc1. The van der Waals surface area contributed by atoms with Crippen LogP contribution in [-0.2, 0) is 16.0 Å². The number of nitrogens with zero attached hydrogens (tertiary/aromatic N) is 4. The number of carbonyl (C=O) groups excluding carboxylic acids is 3. The van der Waals surface area contributed by atoms with Gasteiger partial charge in [0.15, 0.2) is 0 Å². The Labute approximate surface area is 213 Å². The number of aryl methyl sites for hydroxylation is 1. The van der Waals surface area contributed by atoms with Gasteiger partial charge >= 0.3 is 0 Å². The summed E-state index contributed by atoms with van der Waals surface area (Å²) in [5.41, 5.74) is 11.6. The summed E-state index contributed by atoms with van der Waals surface area (Å²) < 4.78 is 1.56. The molecule has 5 rings (SSSR count). The molecule has 2 heterocycles. The lowest BCUT2D eigenvalue weighted by Crippen LogP contribution is -2.46. The van der Waals surface area contributed by atoms with Crippen LogP contribution in [0.3, 0.4) is 0 Å². The van der Waals surface area contributed by atoms with Crippen molar-refractivity contribution in [2.45, 2.75) is 26.3 Å². The van der Waals surface area contributed by atoms with Crippen molar-refractivity contribution in [3.8, 4) is 16.9 Å². The maximum Gasteiger partial charge on any atom is 0.257 e. The fourth-order valence-electron chi connectivity index (χ4n) is 4.70.